The number of nitrogens with one attached hydrogen (secondary N) is 1. The number of phenolic OH excluding ortho intramolecular Hbond substituents is 1. The summed E-state index contributed by atoms with van der Waals surface area (Å²) in [4.78, 5) is 0. The molecule has 1 rings (SSSR count). The topological polar surface area (TPSA) is 32.3 Å². The van der Waals surface area contributed by atoms with Crippen molar-refractivity contribution in [3.05, 3.63) is 29.8 Å². The van der Waals surface area contributed by atoms with Crippen LogP contribution < -0.4 is 5.32 Å². The number of aromatic hydroxyl groups is 1. The standard InChI is InChI=1S/C14H23NOS/c1-11(15-9-8-12(2)17-3)10-13-4-6-14(16)7-5-13/h4-7,11-12,15-16H,8-10H2,1-3H3. The molecule has 0 aliphatic rings. The van der Waals surface area contributed by atoms with Gasteiger partial charge in [0.2, 0.25) is 0 Å². The molecule has 2 N–H and O–H groups in total. The van der Waals surface area contributed by atoms with Gasteiger partial charge in [0, 0.05) is 11.3 Å². The Kier molecular flexibility index (Phi) is 6.45. The Balaban J connectivity index is 2.25. The van der Waals surface area contributed by atoms with E-state index in [4.69, 9.17) is 0 Å². The molecule has 3 heteroatoms. The van der Waals surface area contributed by atoms with Gasteiger partial charge in [0.25, 0.3) is 0 Å². The van der Waals surface area contributed by atoms with Crippen LogP contribution in [-0.2, 0) is 6.42 Å². The normalized spacial score (nSPS) is 14.5. The molecule has 0 aromatic heterocycles. The first kappa shape index (κ1) is 14.4. The minimum absolute atomic E-state index is 0.336. The highest BCUT2D eigenvalue weighted by Gasteiger charge is 2.04. The fourth-order valence-electron chi connectivity index (χ4n) is 1.71. The van der Waals surface area contributed by atoms with E-state index < -0.39 is 0 Å². The summed E-state index contributed by atoms with van der Waals surface area (Å²) >= 11 is 1.91. The monoisotopic (exact) mass is 253 g/mol. The lowest BCUT2D eigenvalue weighted by Crippen LogP contribution is -2.30. The van der Waals surface area contributed by atoms with Crippen LogP contribution in [0.1, 0.15) is 25.8 Å². The molecule has 2 atom stereocenters. The predicted molar refractivity (Wildman–Crippen MR) is 76.9 cm³/mol. The van der Waals surface area contributed by atoms with E-state index in [1.165, 1.54) is 12.0 Å². The Morgan fingerprint density at radius 1 is 1.24 bits per heavy atom. The molecule has 17 heavy (non-hydrogen) atoms. The third kappa shape index (κ3) is 5.99. The Morgan fingerprint density at radius 2 is 1.88 bits per heavy atom. The van der Waals surface area contributed by atoms with Crippen LogP contribution in [0.25, 0.3) is 0 Å². The molecule has 0 aliphatic carbocycles. The van der Waals surface area contributed by atoms with Gasteiger partial charge in [-0.05, 0) is 50.3 Å². The van der Waals surface area contributed by atoms with Crippen molar-refractivity contribution < 1.29 is 5.11 Å². The Morgan fingerprint density at radius 3 is 2.47 bits per heavy atom. The van der Waals surface area contributed by atoms with Crippen LogP contribution in [0, 0.1) is 0 Å². The van der Waals surface area contributed by atoms with Crippen molar-refractivity contribution in [2.75, 3.05) is 12.8 Å². The smallest absolute Gasteiger partial charge is 0.115 e. The van der Waals surface area contributed by atoms with E-state index in [1.807, 2.05) is 23.9 Å². The maximum absolute atomic E-state index is 9.20. The van der Waals surface area contributed by atoms with E-state index in [0.717, 1.165) is 18.2 Å². The van der Waals surface area contributed by atoms with Gasteiger partial charge >= 0.3 is 0 Å². The van der Waals surface area contributed by atoms with Crippen LogP contribution in [0.4, 0.5) is 0 Å². The summed E-state index contributed by atoms with van der Waals surface area (Å²) in [5.74, 6) is 0.336. The second-order valence-corrected chi connectivity index (χ2v) is 5.84. The number of phenols is 1. The Labute approximate surface area is 109 Å². The van der Waals surface area contributed by atoms with E-state index in [-0.39, 0.29) is 0 Å². The van der Waals surface area contributed by atoms with Crippen molar-refractivity contribution in [1.82, 2.24) is 5.32 Å². The summed E-state index contributed by atoms with van der Waals surface area (Å²) in [6.07, 6.45) is 4.37. The fourth-order valence-corrected chi connectivity index (χ4v) is 2.06. The first-order valence-electron chi connectivity index (χ1n) is 6.16. The lowest BCUT2D eigenvalue weighted by atomic mass is 10.1. The number of hydrogen-bond donors (Lipinski definition) is 2. The molecular weight excluding hydrogens is 230 g/mol. The first-order chi connectivity index (χ1) is 8.11. The van der Waals surface area contributed by atoms with Gasteiger partial charge in [-0.1, -0.05) is 19.1 Å². The van der Waals surface area contributed by atoms with E-state index in [9.17, 15) is 5.11 Å². The SMILES string of the molecule is CSC(C)CCNC(C)Cc1ccc(O)cc1. The van der Waals surface area contributed by atoms with Gasteiger partial charge < -0.3 is 10.4 Å². The first-order valence-corrected chi connectivity index (χ1v) is 7.44. The average Bonchev–Trinajstić information content (AvgIpc) is 2.32. The zero-order valence-electron chi connectivity index (χ0n) is 10.9. The van der Waals surface area contributed by atoms with E-state index in [0.29, 0.717) is 11.8 Å². The van der Waals surface area contributed by atoms with Crippen molar-refractivity contribution >= 4 is 11.8 Å². The minimum Gasteiger partial charge on any atom is -0.508 e. The molecule has 0 heterocycles. The molecule has 0 fully saturated rings. The van der Waals surface area contributed by atoms with Gasteiger partial charge in [0.1, 0.15) is 5.75 Å². The summed E-state index contributed by atoms with van der Waals surface area (Å²) in [6.45, 7) is 5.54. The van der Waals surface area contributed by atoms with Crippen molar-refractivity contribution in [3.63, 3.8) is 0 Å². The van der Waals surface area contributed by atoms with Gasteiger partial charge in [-0.2, -0.15) is 11.8 Å². The molecule has 1 aromatic rings. The number of benzene rings is 1. The van der Waals surface area contributed by atoms with E-state index in [2.05, 4.69) is 25.4 Å². The predicted octanol–water partition coefficient (Wildman–Crippen LogP) is 3.05. The quantitative estimate of drug-likeness (QED) is 0.783. The maximum Gasteiger partial charge on any atom is 0.115 e. The van der Waals surface area contributed by atoms with Crippen LogP contribution in [0.3, 0.4) is 0 Å². The minimum atomic E-state index is 0.336. The zero-order valence-corrected chi connectivity index (χ0v) is 11.8. The molecule has 0 saturated carbocycles. The Bertz CT molecular complexity index is 313. The zero-order chi connectivity index (χ0) is 12.7. The Hall–Kier alpha value is -0.670. The molecule has 0 saturated heterocycles. The largest absolute Gasteiger partial charge is 0.508 e. The van der Waals surface area contributed by atoms with Crippen LogP contribution in [0.2, 0.25) is 0 Å². The van der Waals surface area contributed by atoms with Gasteiger partial charge in [-0.25, -0.2) is 0 Å². The number of thioether (sulfide) groups is 1. The summed E-state index contributed by atoms with van der Waals surface area (Å²) < 4.78 is 0. The molecule has 2 unspecified atom stereocenters. The van der Waals surface area contributed by atoms with Crippen molar-refractivity contribution in [3.8, 4) is 5.75 Å². The van der Waals surface area contributed by atoms with Gasteiger partial charge in [0.15, 0.2) is 0 Å². The second kappa shape index (κ2) is 7.62. The van der Waals surface area contributed by atoms with Crippen LogP contribution in [0.15, 0.2) is 24.3 Å². The molecule has 0 spiro atoms. The summed E-state index contributed by atoms with van der Waals surface area (Å²) in [5, 5.41) is 13.5. The lowest BCUT2D eigenvalue weighted by Gasteiger charge is -2.15. The summed E-state index contributed by atoms with van der Waals surface area (Å²) in [5.41, 5.74) is 1.26. The van der Waals surface area contributed by atoms with Crippen molar-refractivity contribution in [1.29, 1.82) is 0 Å². The second-order valence-electron chi connectivity index (χ2n) is 4.56. The summed E-state index contributed by atoms with van der Waals surface area (Å²) in [6, 6.07) is 7.94. The lowest BCUT2D eigenvalue weighted by molar-refractivity contribution is 0.474. The number of hydrogen-bond acceptors (Lipinski definition) is 3. The highest BCUT2D eigenvalue weighted by Crippen LogP contribution is 2.12. The highest BCUT2D eigenvalue weighted by molar-refractivity contribution is 7.99. The number of rotatable bonds is 7. The fraction of sp³-hybridized carbons (Fsp3) is 0.571. The molecule has 0 radical (unpaired) electrons. The van der Waals surface area contributed by atoms with Crippen LogP contribution in [-0.4, -0.2) is 29.2 Å². The molecule has 96 valence electrons. The van der Waals surface area contributed by atoms with Gasteiger partial charge in [-0.3, -0.25) is 0 Å². The maximum atomic E-state index is 9.20. The van der Waals surface area contributed by atoms with Crippen LogP contribution >= 0.6 is 11.8 Å². The summed E-state index contributed by atoms with van der Waals surface area (Å²) in [7, 11) is 0. The van der Waals surface area contributed by atoms with Gasteiger partial charge in [0.05, 0.1) is 0 Å². The third-order valence-electron chi connectivity index (χ3n) is 2.92. The van der Waals surface area contributed by atoms with E-state index in [1.54, 1.807) is 12.1 Å². The molecular formula is C14H23NOS. The average molecular weight is 253 g/mol. The van der Waals surface area contributed by atoms with Gasteiger partial charge in [-0.15, -0.1) is 0 Å². The molecule has 2 nitrogen and oxygen atoms in total. The third-order valence-corrected chi connectivity index (χ3v) is 3.96. The van der Waals surface area contributed by atoms with Crippen molar-refractivity contribution in [2.24, 2.45) is 0 Å². The van der Waals surface area contributed by atoms with E-state index >= 15 is 0 Å². The molecule has 0 aliphatic heterocycles. The van der Waals surface area contributed by atoms with Crippen LogP contribution in [0.5, 0.6) is 5.75 Å². The highest BCUT2D eigenvalue weighted by atomic mass is 32.2. The van der Waals surface area contributed by atoms with Crippen molar-refractivity contribution in [2.45, 2.75) is 38.0 Å². The molecule has 1 aromatic carbocycles. The molecule has 0 amide bonds. The molecule has 0 bridgehead atoms.